The van der Waals surface area contributed by atoms with Crippen LogP contribution < -0.4 is 16.4 Å². The van der Waals surface area contributed by atoms with E-state index >= 15 is 0 Å². The van der Waals surface area contributed by atoms with E-state index in [2.05, 4.69) is 40.5 Å². The average Bonchev–Trinajstić information content (AvgIpc) is 2.53. The number of aromatic nitrogens is 6. The Morgan fingerprint density at radius 2 is 1.43 bits per heavy atom. The summed E-state index contributed by atoms with van der Waals surface area (Å²) in [6, 6.07) is 3.88. The van der Waals surface area contributed by atoms with Crippen molar-refractivity contribution < 1.29 is 13.0 Å². The van der Waals surface area contributed by atoms with Gasteiger partial charge in [-0.2, -0.15) is 38.3 Å². The van der Waals surface area contributed by atoms with Crippen LogP contribution >= 0.6 is 34.8 Å². The van der Waals surface area contributed by atoms with Gasteiger partial charge in [-0.25, -0.2) is 0 Å². The Balaban J connectivity index is 1.98. The summed E-state index contributed by atoms with van der Waals surface area (Å²) in [4.78, 5) is 21.8. The van der Waals surface area contributed by atoms with Gasteiger partial charge in [-0.1, -0.05) is 0 Å². The summed E-state index contributed by atoms with van der Waals surface area (Å²) in [7, 11) is -4.65. The van der Waals surface area contributed by atoms with Gasteiger partial charge in [-0.15, -0.1) is 0 Å². The molecular weight excluding hydrogens is 457 g/mol. The van der Waals surface area contributed by atoms with Crippen molar-refractivity contribution in [3.63, 3.8) is 0 Å². The van der Waals surface area contributed by atoms with E-state index in [1.165, 1.54) is 12.1 Å². The number of anilines is 5. The maximum absolute atomic E-state index is 11.8. The molecule has 1 aromatic carbocycles. The van der Waals surface area contributed by atoms with Crippen molar-refractivity contribution in [2.75, 3.05) is 16.4 Å². The molecule has 3 aromatic rings. The summed E-state index contributed by atoms with van der Waals surface area (Å²) >= 11 is 17.1. The second-order valence-electron chi connectivity index (χ2n) is 4.92. The van der Waals surface area contributed by atoms with E-state index in [4.69, 9.17) is 40.5 Å². The first-order chi connectivity index (χ1) is 13.1. The molecule has 0 fully saturated rings. The van der Waals surface area contributed by atoms with Gasteiger partial charge >= 0.3 is 0 Å². The Morgan fingerprint density at radius 3 is 2.00 bits per heavy atom. The lowest BCUT2D eigenvalue weighted by molar-refractivity contribution is 0.483. The maximum Gasteiger partial charge on any atom is 0.296 e. The summed E-state index contributed by atoms with van der Waals surface area (Å²) in [5, 5.41) is 4.70. The monoisotopic (exact) mass is 463 g/mol. The molecule has 3 rings (SSSR count). The van der Waals surface area contributed by atoms with Gasteiger partial charge in [0.05, 0.1) is 5.69 Å². The largest absolute Gasteiger partial charge is 0.368 e. The van der Waals surface area contributed by atoms with Gasteiger partial charge in [0.15, 0.2) is 0 Å². The van der Waals surface area contributed by atoms with Gasteiger partial charge in [-0.3, -0.25) is 4.55 Å². The van der Waals surface area contributed by atoms with Gasteiger partial charge in [0.2, 0.25) is 33.7 Å². The molecule has 5 N–H and O–H groups in total. The third-order valence-electron chi connectivity index (χ3n) is 2.97. The summed E-state index contributed by atoms with van der Waals surface area (Å²) < 4.78 is 33.1. The summed E-state index contributed by atoms with van der Waals surface area (Å²) in [6.07, 6.45) is 0. The van der Waals surface area contributed by atoms with Gasteiger partial charge in [0.25, 0.3) is 10.1 Å². The highest BCUT2D eigenvalue weighted by Gasteiger charge is 2.18. The topological polar surface area (TPSA) is 182 Å². The Kier molecular flexibility index (Phi) is 5.62. The van der Waals surface area contributed by atoms with Crippen LogP contribution in [0, 0.1) is 0 Å². The normalized spacial score (nSPS) is 11.3. The molecule has 2 aromatic heterocycles. The van der Waals surface area contributed by atoms with E-state index in [0.29, 0.717) is 0 Å². The second kappa shape index (κ2) is 7.81. The Hall–Kier alpha value is -2.58. The second-order valence-corrected chi connectivity index (χ2v) is 7.32. The minimum Gasteiger partial charge on any atom is -0.368 e. The number of nitrogens with one attached hydrogen (secondary N) is 2. The summed E-state index contributed by atoms with van der Waals surface area (Å²) in [5.41, 5.74) is 5.62. The lowest BCUT2D eigenvalue weighted by Crippen LogP contribution is -2.08. The number of nitrogens with zero attached hydrogens (tertiary/aromatic N) is 6. The first-order valence-corrected chi connectivity index (χ1v) is 9.57. The van der Waals surface area contributed by atoms with Crippen molar-refractivity contribution >= 4 is 74.1 Å². The van der Waals surface area contributed by atoms with E-state index in [9.17, 15) is 13.0 Å². The van der Waals surface area contributed by atoms with Crippen LogP contribution in [0.1, 0.15) is 0 Å². The zero-order valence-corrected chi connectivity index (χ0v) is 16.4. The SMILES string of the molecule is Nc1nc(Cl)nc(Nc2ccc(Nc3nc(Cl)nc(Cl)n3)c(S(=O)(=O)O)c2)n1. The van der Waals surface area contributed by atoms with Crippen molar-refractivity contribution in [3.8, 4) is 0 Å². The Morgan fingerprint density at radius 1 is 0.857 bits per heavy atom. The molecule has 146 valence electrons. The first-order valence-electron chi connectivity index (χ1n) is 7.00. The molecule has 0 bridgehead atoms. The minimum absolute atomic E-state index is 0.0319. The third kappa shape index (κ3) is 5.02. The highest BCUT2D eigenvalue weighted by Crippen LogP contribution is 2.28. The Bertz CT molecular complexity index is 1120. The smallest absolute Gasteiger partial charge is 0.296 e. The zero-order chi connectivity index (χ0) is 20.5. The van der Waals surface area contributed by atoms with Crippen molar-refractivity contribution in [3.05, 3.63) is 34.0 Å². The zero-order valence-electron chi connectivity index (χ0n) is 13.3. The molecule has 0 unspecified atom stereocenters. The molecule has 0 aliphatic heterocycles. The predicted octanol–water partition coefficient (Wildman–Crippen LogP) is 2.33. The van der Waals surface area contributed by atoms with Crippen molar-refractivity contribution in [2.24, 2.45) is 0 Å². The standard InChI is InChI=1S/C12H8Cl3N9O3S/c13-7-19-8(14)22-12(21-7)18-5-2-1-4(3-6(5)28(25,26)27)17-11-23-9(15)20-10(16)24-11/h1-3H,(H,25,26,27)(H,18,19,21,22)(H3,16,17,20,23,24). The molecule has 0 amide bonds. The van der Waals surface area contributed by atoms with Crippen LogP contribution in [0.15, 0.2) is 23.1 Å². The van der Waals surface area contributed by atoms with Crippen LogP contribution in [-0.2, 0) is 10.1 Å². The van der Waals surface area contributed by atoms with E-state index in [1.54, 1.807) is 0 Å². The average molecular weight is 465 g/mol. The number of hydrogen-bond acceptors (Lipinski definition) is 11. The molecule has 0 spiro atoms. The fraction of sp³-hybridized carbons (Fsp3) is 0. The number of halogens is 3. The predicted molar refractivity (Wildman–Crippen MR) is 102 cm³/mol. The van der Waals surface area contributed by atoms with Gasteiger partial charge in [0, 0.05) is 5.69 Å². The van der Waals surface area contributed by atoms with Crippen LogP contribution in [0.3, 0.4) is 0 Å². The lowest BCUT2D eigenvalue weighted by Gasteiger charge is -2.12. The molecule has 12 nitrogen and oxygen atoms in total. The summed E-state index contributed by atoms with van der Waals surface area (Å²) in [5.74, 6) is -0.303. The highest BCUT2D eigenvalue weighted by atomic mass is 35.5. The van der Waals surface area contributed by atoms with E-state index < -0.39 is 15.0 Å². The third-order valence-corrected chi connectivity index (χ3v) is 4.37. The molecule has 0 aliphatic carbocycles. The number of hydrogen-bond donors (Lipinski definition) is 4. The number of nitrogen functional groups attached to an aromatic ring is 1. The maximum atomic E-state index is 11.8. The quantitative estimate of drug-likeness (QED) is 0.405. The van der Waals surface area contributed by atoms with Crippen LogP contribution in [0.25, 0.3) is 0 Å². The molecule has 0 aliphatic rings. The highest BCUT2D eigenvalue weighted by molar-refractivity contribution is 7.86. The van der Waals surface area contributed by atoms with Crippen molar-refractivity contribution in [1.82, 2.24) is 29.9 Å². The minimum atomic E-state index is -4.65. The van der Waals surface area contributed by atoms with Crippen LogP contribution in [-0.4, -0.2) is 42.9 Å². The number of benzene rings is 1. The van der Waals surface area contributed by atoms with E-state index in [1.807, 2.05) is 0 Å². The number of rotatable bonds is 5. The molecule has 28 heavy (non-hydrogen) atoms. The molecule has 0 saturated carbocycles. The number of nitrogens with two attached hydrogens (primary N) is 1. The molecule has 2 heterocycles. The Labute approximate surface area is 172 Å². The molecular formula is C12H8Cl3N9O3S. The molecule has 0 atom stereocenters. The van der Waals surface area contributed by atoms with E-state index in [-0.39, 0.29) is 45.1 Å². The van der Waals surface area contributed by atoms with Crippen molar-refractivity contribution in [1.29, 1.82) is 0 Å². The molecule has 0 radical (unpaired) electrons. The fourth-order valence-corrected chi connectivity index (χ4v) is 3.17. The summed E-state index contributed by atoms with van der Waals surface area (Å²) in [6.45, 7) is 0. The fourth-order valence-electron chi connectivity index (χ4n) is 1.97. The lowest BCUT2D eigenvalue weighted by atomic mass is 10.3. The van der Waals surface area contributed by atoms with Gasteiger partial charge in [-0.05, 0) is 53.0 Å². The van der Waals surface area contributed by atoms with Crippen molar-refractivity contribution in [2.45, 2.75) is 4.90 Å². The van der Waals surface area contributed by atoms with Gasteiger partial charge in [0.1, 0.15) is 4.90 Å². The van der Waals surface area contributed by atoms with Crippen LogP contribution in [0.5, 0.6) is 0 Å². The van der Waals surface area contributed by atoms with Crippen LogP contribution in [0.4, 0.5) is 29.2 Å². The molecule has 0 saturated heterocycles. The first kappa shape index (κ1) is 20.2. The van der Waals surface area contributed by atoms with Gasteiger partial charge < -0.3 is 16.4 Å². The van der Waals surface area contributed by atoms with E-state index in [0.717, 1.165) is 6.07 Å². The molecule has 16 heteroatoms. The van der Waals surface area contributed by atoms with Crippen LogP contribution in [0.2, 0.25) is 15.9 Å².